The van der Waals surface area contributed by atoms with E-state index in [1.807, 2.05) is 12.2 Å². The number of carbonyl (C=O) groups is 2. The molecule has 79 heavy (non-hydrogen) atoms. The predicted octanol–water partition coefficient (Wildman–Crippen LogP) is 16.2. The molecule has 11 heteroatoms. The summed E-state index contributed by atoms with van der Waals surface area (Å²) in [5.74, 6) is -1.20. The van der Waals surface area contributed by atoms with Gasteiger partial charge in [0.25, 0.3) is 0 Å². The van der Waals surface area contributed by atoms with Gasteiger partial charge in [0.15, 0.2) is 12.4 Å². The molecule has 1 rings (SSSR count). The summed E-state index contributed by atoms with van der Waals surface area (Å²) in [7, 11) is 0. The van der Waals surface area contributed by atoms with Gasteiger partial charge in [-0.05, 0) is 70.6 Å². The predicted molar refractivity (Wildman–Crippen MR) is 329 cm³/mol. The van der Waals surface area contributed by atoms with Gasteiger partial charge in [0.2, 0.25) is 5.91 Å². The number of hydrogen-bond acceptors (Lipinski definition) is 10. The molecule has 1 aliphatic rings. The Morgan fingerprint density at radius 3 is 1.39 bits per heavy atom. The zero-order valence-electron chi connectivity index (χ0n) is 51.0. The molecule has 0 saturated carbocycles. The molecule has 1 saturated heterocycles. The van der Waals surface area contributed by atoms with E-state index in [0.717, 1.165) is 89.9 Å². The summed E-state index contributed by atoms with van der Waals surface area (Å²) in [6.07, 6.45) is 59.9. The second-order valence-electron chi connectivity index (χ2n) is 22.9. The Morgan fingerprint density at radius 1 is 0.506 bits per heavy atom. The third kappa shape index (κ3) is 43.7. The van der Waals surface area contributed by atoms with Crippen LogP contribution in [0, 0.1) is 0 Å². The number of aliphatic hydroxyl groups is 5. The van der Waals surface area contributed by atoms with Gasteiger partial charge < -0.3 is 45.1 Å². The molecule has 0 aromatic rings. The Bertz CT molecular complexity index is 1510. The van der Waals surface area contributed by atoms with Gasteiger partial charge in [-0.2, -0.15) is 0 Å². The van der Waals surface area contributed by atoms with E-state index in [1.165, 1.54) is 161 Å². The number of allylic oxidation sites excluding steroid dienone is 9. The van der Waals surface area contributed by atoms with Gasteiger partial charge in [0, 0.05) is 6.42 Å². The lowest BCUT2D eigenvalue weighted by molar-refractivity contribution is -0.305. The molecule has 0 radical (unpaired) electrons. The molecule has 0 aliphatic carbocycles. The van der Waals surface area contributed by atoms with Crippen molar-refractivity contribution < 1.29 is 49.3 Å². The van der Waals surface area contributed by atoms with E-state index in [4.69, 9.17) is 14.2 Å². The fourth-order valence-electron chi connectivity index (χ4n) is 10.2. The summed E-state index contributed by atoms with van der Waals surface area (Å²) >= 11 is 0. The standard InChI is InChI=1S/C68H123NO10/c1-4-7-10-13-16-19-22-24-26-27-28-29-30-31-32-33-34-36-37-40-43-46-49-52-55-61(72)67(76)69-59(60(71)54-51-48-45-42-39-21-18-15-12-9-6-3)58-77-68-66(65(75)64(74)62(57-70)78-68)79-63(73)56-53-50-47-44-41-38-35-25-23-20-17-14-11-8-5-2/h8,11,14,17,20,23-24,26,51,54,59-62,64-66,68,70-72,74-75H,4-7,9-10,12-13,15-16,18-19,21-22,25,27-50,52-53,55-58H2,1-3H3,(H,69,76)/b11-8+,17-14+,23-20+,26-24+,54-51+. The first kappa shape index (κ1) is 74.4. The minimum atomic E-state index is -1.62. The van der Waals surface area contributed by atoms with Crippen LogP contribution in [0.15, 0.2) is 60.8 Å². The molecule has 1 amide bonds. The average molecular weight is 1110 g/mol. The van der Waals surface area contributed by atoms with Crippen LogP contribution >= 0.6 is 0 Å². The van der Waals surface area contributed by atoms with Crippen LogP contribution in [0.2, 0.25) is 0 Å². The van der Waals surface area contributed by atoms with Crippen LogP contribution in [0.25, 0.3) is 0 Å². The first-order valence-corrected chi connectivity index (χ1v) is 33.1. The number of amides is 1. The number of unbranched alkanes of at least 4 members (excludes halogenated alkanes) is 36. The summed E-state index contributed by atoms with van der Waals surface area (Å²) < 4.78 is 17.6. The summed E-state index contributed by atoms with van der Waals surface area (Å²) in [6.45, 7) is 5.66. The van der Waals surface area contributed by atoms with E-state index in [-0.39, 0.29) is 13.0 Å². The molecule has 0 spiro atoms. The molecular formula is C68H123NO10. The Balaban J connectivity index is 2.58. The van der Waals surface area contributed by atoms with Gasteiger partial charge in [0.05, 0.1) is 25.4 Å². The van der Waals surface area contributed by atoms with Gasteiger partial charge in [-0.25, -0.2) is 0 Å². The smallest absolute Gasteiger partial charge is 0.306 e. The van der Waals surface area contributed by atoms with Crippen LogP contribution in [0.3, 0.4) is 0 Å². The maximum Gasteiger partial charge on any atom is 0.306 e. The normalized spacial score (nSPS) is 19.2. The highest BCUT2D eigenvalue weighted by Gasteiger charge is 2.47. The highest BCUT2D eigenvalue weighted by Crippen LogP contribution is 2.26. The van der Waals surface area contributed by atoms with Gasteiger partial charge in [-0.15, -0.1) is 0 Å². The van der Waals surface area contributed by atoms with Gasteiger partial charge in [-0.1, -0.05) is 281 Å². The van der Waals surface area contributed by atoms with Crippen LogP contribution in [-0.2, 0) is 23.8 Å². The molecule has 0 bridgehead atoms. The third-order valence-electron chi connectivity index (χ3n) is 15.5. The Morgan fingerprint density at radius 2 is 0.924 bits per heavy atom. The number of aliphatic hydroxyl groups excluding tert-OH is 5. The van der Waals surface area contributed by atoms with Crippen molar-refractivity contribution in [2.45, 2.75) is 346 Å². The van der Waals surface area contributed by atoms with Gasteiger partial charge >= 0.3 is 5.97 Å². The second-order valence-corrected chi connectivity index (χ2v) is 22.9. The lowest BCUT2D eigenvalue weighted by Crippen LogP contribution is -2.61. The number of ether oxygens (including phenoxy) is 3. The highest BCUT2D eigenvalue weighted by atomic mass is 16.7. The zero-order valence-corrected chi connectivity index (χ0v) is 51.0. The number of carbonyl (C=O) groups excluding carboxylic acids is 2. The molecule has 6 N–H and O–H groups in total. The average Bonchev–Trinajstić information content (AvgIpc) is 3.47. The molecule has 1 heterocycles. The maximum atomic E-state index is 13.4. The van der Waals surface area contributed by atoms with Crippen molar-refractivity contribution in [1.29, 1.82) is 0 Å². The quantitative estimate of drug-likeness (QED) is 0.0149. The van der Waals surface area contributed by atoms with E-state index < -0.39 is 67.4 Å². The van der Waals surface area contributed by atoms with Crippen molar-refractivity contribution in [2.24, 2.45) is 0 Å². The third-order valence-corrected chi connectivity index (χ3v) is 15.5. The fourth-order valence-corrected chi connectivity index (χ4v) is 10.2. The molecule has 460 valence electrons. The van der Waals surface area contributed by atoms with E-state index in [2.05, 4.69) is 68.6 Å². The molecule has 0 aromatic carbocycles. The molecule has 1 fully saturated rings. The lowest BCUT2D eigenvalue weighted by Gasteiger charge is -2.41. The molecule has 11 nitrogen and oxygen atoms in total. The topological polar surface area (TPSA) is 175 Å². The number of hydrogen-bond donors (Lipinski definition) is 6. The van der Waals surface area contributed by atoms with Crippen molar-refractivity contribution in [1.82, 2.24) is 5.32 Å². The van der Waals surface area contributed by atoms with E-state index >= 15 is 0 Å². The maximum absolute atomic E-state index is 13.4. The van der Waals surface area contributed by atoms with Crippen LogP contribution in [-0.4, -0.2) is 99.6 Å². The highest BCUT2D eigenvalue weighted by molar-refractivity contribution is 5.80. The summed E-state index contributed by atoms with van der Waals surface area (Å²) in [5, 5.41) is 57.0. The molecule has 0 aromatic heterocycles. The first-order chi connectivity index (χ1) is 38.7. The SMILES string of the molecule is CC/C=C/C=C/C=C/CCCCCCCCCC(=O)OC1C(OCC(NC(=O)C(O)CCCCCCCCCCCCCCCC/C=C/CCCCCCCC)C(O)/C=C/CCCCCCCCCCC)OC(CO)C(O)C1O. The van der Waals surface area contributed by atoms with Crippen LogP contribution in [0.4, 0.5) is 0 Å². The minimum absolute atomic E-state index is 0.110. The minimum Gasteiger partial charge on any atom is -0.454 e. The lowest BCUT2D eigenvalue weighted by atomic mass is 9.99. The van der Waals surface area contributed by atoms with E-state index in [1.54, 1.807) is 6.08 Å². The van der Waals surface area contributed by atoms with Crippen molar-refractivity contribution in [3.63, 3.8) is 0 Å². The van der Waals surface area contributed by atoms with Crippen molar-refractivity contribution in [2.75, 3.05) is 13.2 Å². The fraction of sp³-hybridized carbons (Fsp3) is 0.824. The Hall–Kier alpha value is -2.64. The van der Waals surface area contributed by atoms with E-state index in [9.17, 15) is 35.1 Å². The van der Waals surface area contributed by atoms with Gasteiger partial charge in [0.1, 0.15) is 24.4 Å². The monoisotopic (exact) mass is 1110 g/mol. The second kappa shape index (κ2) is 55.9. The largest absolute Gasteiger partial charge is 0.454 e. The number of nitrogens with one attached hydrogen (secondary N) is 1. The zero-order chi connectivity index (χ0) is 57.5. The van der Waals surface area contributed by atoms with Crippen molar-refractivity contribution in [3.8, 4) is 0 Å². The summed E-state index contributed by atoms with van der Waals surface area (Å²) in [4.78, 5) is 26.6. The Labute approximate surface area is 484 Å². The molecule has 8 atom stereocenters. The van der Waals surface area contributed by atoms with Crippen LogP contribution in [0.1, 0.15) is 297 Å². The van der Waals surface area contributed by atoms with E-state index in [0.29, 0.717) is 19.3 Å². The number of rotatable bonds is 56. The molecule has 1 aliphatic heterocycles. The van der Waals surface area contributed by atoms with Crippen LogP contribution < -0.4 is 5.32 Å². The summed E-state index contributed by atoms with van der Waals surface area (Å²) in [6, 6.07) is -1.03. The van der Waals surface area contributed by atoms with Crippen LogP contribution in [0.5, 0.6) is 0 Å². The van der Waals surface area contributed by atoms with Gasteiger partial charge in [-0.3, -0.25) is 9.59 Å². The molecule has 8 unspecified atom stereocenters. The van der Waals surface area contributed by atoms with Crippen molar-refractivity contribution in [3.05, 3.63) is 60.8 Å². The Kier molecular flexibility index (Phi) is 52.6. The number of esters is 1. The van der Waals surface area contributed by atoms with Crippen molar-refractivity contribution >= 4 is 11.9 Å². The summed E-state index contributed by atoms with van der Waals surface area (Å²) in [5.41, 5.74) is 0. The molecular weight excluding hydrogens is 991 g/mol. The first-order valence-electron chi connectivity index (χ1n) is 33.1.